The standard InChI is InChI=1S/C17H23N7/c1-22(2)15-10-17(21-12-19-15)24-7-5-23(6-8-24)16-9-14(13-3-4-13)18-11-20-16/h9-13H,3-8H2,1-2H3. The minimum atomic E-state index is 0.665. The third-order valence-electron chi connectivity index (χ3n) is 4.69. The van der Waals surface area contributed by atoms with Gasteiger partial charge in [-0.15, -0.1) is 0 Å². The molecule has 0 unspecified atom stereocenters. The van der Waals surface area contributed by atoms with E-state index >= 15 is 0 Å². The highest BCUT2D eigenvalue weighted by Crippen LogP contribution is 2.39. The van der Waals surface area contributed by atoms with Crippen LogP contribution in [0.25, 0.3) is 0 Å². The van der Waals surface area contributed by atoms with Gasteiger partial charge in [0, 0.05) is 64.0 Å². The smallest absolute Gasteiger partial charge is 0.134 e. The molecule has 0 radical (unpaired) electrons. The molecule has 0 spiro atoms. The Morgan fingerprint density at radius 3 is 2.00 bits per heavy atom. The molecule has 0 N–H and O–H groups in total. The third kappa shape index (κ3) is 3.11. The fraction of sp³-hybridized carbons (Fsp3) is 0.529. The second-order valence-electron chi connectivity index (χ2n) is 6.68. The van der Waals surface area contributed by atoms with Crippen molar-refractivity contribution in [3.8, 4) is 0 Å². The number of piperazine rings is 1. The molecule has 24 heavy (non-hydrogen) atoms. The minimum absolute atomic E-state index is 0.665. The minimum Gasteiger partial charge on any atom is -0.363 e. The zero-order valence-corrected chi connectivity index (χ0v) is 14.3. The molecule has 4 rings (SSSR count). The predicted molar refractivity (Wildman–Crippen MR) is 94.8 cm³/mol. The number of hydrogen-bond donors (Lipinski definition) is 0. The van der Waals surface area contributed by atoms with Gasteiger partial charge in [0.15, 0.2) is 0 Å². The second kappa shape index (κ2) is 6.22. The summed E-state index contributed by atoms with van der Waals surface area (Å²) in [7, 11) is 3.99. The van der Waals surface area contributed by atoms with Gasteiger partial charge in [-0.3, -0.25) is 0 Å². The number of hydrogen-bond acceptors (Lipinski definition) is 7. The van der Waals surface area contributed by atoms with Crippen LogP contribution in [0.3, 0.4) is 0 Å². The molecule has 0 bridgehead atoms. The lowest BCUT2D eigenvalue weighted by molar-refractivity contribution is 0.639. The summed E-state index contributed by atoms with van der Waals surface area (Å²) in [5.74, 6) is 3.66. The van der Waals surface area contributed by atoms with Crippen LogP contribution in [-0.2, 0) is 0 Å². The largest absolute Gasteiger partial charge is 0.363 e. The van der Waals surface area contributed by atoms with E-state index in [2.05, 4.69) is 35.8 Å². The number of aromatic nitrogens is 4. The van der Waals surface area contributed by atoms with Gasteiger partial charge >= 0.3 is 0 Å². The van der Waals surface area contributed by atoms with E-state index in [9.17, 15) is 0 Å². The summed E-state index contributed by atoms with van der Waals surface area (Å²) in [6, 6.07) is 4.22. The van der Waals surface area contributed by atoms with Crippen molar-refractivity contribution in [1.82, 2.24) is 19.9 Å². The normalized spacial score (nSPS) is 17.9. The van der Waals surface area contributed by atoms with Gasteiger partial charge in [-0.05, 0) is 12.8 Å². The first kappa shape index (κ1) is 15.1. The van der Waals surface area contributed by atoms with Crippen molar-refractivity contribution in [3.05, 3.63) is 30.5 Å². The second-order valence-corrected chi connectivity index (χ2v) is 6.68. The average Bonchev–Trinajstić information content (AvgIpc) is 3.47. The Hall–Kier alpha value is -2.44. The van der Waals surface area contributed by atoms with Crippen LogP contribution in [0.4, 0.5) is 17.5 Å². The van der Waals surface area contributed by atoms with Gasteiger partial charge in [0.1, 0.15) is 30.1 Å². The molecule has 0 amide bonds. The maximum Gasteiger partial charge on any atom is 0.134 e. The van der Waals surface area contributed by atoms with Crippen molar-refractivity contribution in [1.29, 1.82) is 0 Å². The highest BCUT2D eigenvalue weighted by molar-refractivity contribution is 5.51. The summed E-state index contributed by atoms with van der Waals surface area (Å²) >= 11 is 0. The first-order chi connectivity index (χ1) is 11.7. The molecule has 0 atom stereocenters. The van der Waals surface area contributed by atoms with Crippen molar-refractivity contribution >= 4 is 17.5 Å². The molecule has 1 aliphatic heterocycles. The van der Waals surface area contributed by atoms with Crippen molar-refractivity contribution in [2.24, 2.45) is 0 Å². The summed E-state index contributed by atoms with van der Waals surface area (Å²) in [5, 5.41) is 0. The Kier molecular flexibility index (Phi) is 3.92. The van der Waals surface area contributed by atoms with Crippen molar-refractivity contribution in [2.45, 2.75) is 18.8 Å². The number of nitrogens with zero attached hydrogens (tertiary/aromatic N) is 7. The zero-order chi connectivity index (χ0) is 16.5. The van der Waals surface area contributed by atoms with E-state index in [1.54, 1.807) is 12.7 Å². The van der Waals surface area contributed by atoms with Crippen LogP contribution in [0.5, 0.6) is 0 Å². The summed E-state index contributed by atoms with van der Waals surface area (Å²) < 4.78 is 0. The van der Waals surface area contributed by atoms with Gasteiger partial charge in [0.05, 0.1) is 0 Å². The van der Waals surface area contributed by atoms with Gasteiger partial charge in [0.2, 0.25) is 0 Å². The van der Waals surface area contributed by atoms with E-state index < -0.39 is 0 Å². The van der Waals surface area contributed by atoms with Gasteiger partial charge in [-0.2, -0.15) is 0 Å². The van der Waals surface area contributed by atoms with Crippen molar-refractivity contribution in [2.75, 3.05) is 55.0 Å². The van der Waals surface area contributed by atoms with E-state index in [4.69, 9.17) is 0 Å². The Balaban J connectivity index is 1.43. The summed E-state index contributed by atoms with van der Waals surface area (Å²) in [4.78, 5) is 24.3. The molecule has 1 saturated carbocycles. The molecule has 7 heteroatoms. The topological polar surface area (TPSA) is 61.3 Å². The van der Waals surface area contributed by atoms with Crippen LogP contribution in [0.1, 0.15) is 24.5 Å². The van der Waals surface area contributed by atoms with E-state index in [-0.39, 0.29) is 0 Å². The SMILES string of the molecule is CN(C)c1cc(N2CCN(c3cc(C4CC4)ncn3)CC2)ncn1. The number of rotatable bonds is 4. The Bertz CT molecular complexity index is 652. The van der Waals surface area contributed by atoms with E-state index in [0.29, 0.717) is 5.92 Å². The maximum atomic E-state index is 4.47. The molecular weight excluding hydrogens is 302 g/mol. The lowest BCUT2D eigenvalue weighted by Crippen LogP contribution is -2.47. The molecule has 2 aliphatic rings. The number of anilines is 3. The molecule has 2 aromatic rings. The van der Waals surface area contributed by atoms with Crippen LogP contribution in [0, 0.1) is 0 Å². The van der Waals surface area contributed by atoms with Crippen LogP contribution in [-0.4, -0.2) is 60.2 Å². The Labute approximate surface area is 142 Å². The fourth-order valence-corrected chi connectivity index (χ4v) is 3.06. The molecule has 126 valence electrons. The van der Waals surface area contributed by atoms with E-state index in [1.165, 1.54) is 18.5 Å². The molecule has 7 nitrogen and oxygen atoms in total. The molecule has 2 aromatic heterocycles. The molecule has 0 aromatic carbocycles. The predicted octanol–water partition coefficient (Wildman–Crippen LogP) is 1.54. The first-order valence-corrected chi connectivity index (χ1v) is 8.52. The maximum absolute atomic E-state index is 4.47. The highest BCUT2D eigenvalue weighted by Gasteiger charge is 2.26. The summed E-state index contributed by atoms with van der Waals surface area (Å²) in [6.45, 7) is 3.77. The molecule has 2 fully saturated rings. The summed E-state index contributed by atoms with van der Waals surface area (Å²) in [6.07, 6.45) is 5.89. The van der Waals surface area contributed by atoms with Crippen LogP contribution < -0.4 is 14.7 Å². The van der Waals surface area contributed by atoms with Crippen molar-refractivity contribution < 1.29 is 0 Å². The fourth-order valence-electron chi connectivity index (χ4n) is 3.06. The van der Waals surface area contributed by atoms with Crippen LogP contribution in [0.15, 0.2) is 24.8 Å². The van der Waals surface area contributed by atoms with Crippen LogP contribution in [0.2, 0.25) is 0 Å². The highest BCUT2D eigenvalue weighted by atomic mass is 15.3. The molecule has 1 saturated heterocycles. The average molecular weight is 325 g/mol. The molecule has 1 aliphatic carbocycles. The molecular formula is C17H23N7. The quantitative estimate of drug-likeness (QED) is 0.845. The Morgan fingerprint density at radius 1 is 0.833 bits per heavy atom. The van der Waals surface area contributed by atoms with Gasteiger partial charge in [0.25, 0.3) is 0 Å². The van der Waals surface area contributed by atoms with Gasteiger partial charge in [-0.25, -0.2) is 19.9 Å². The zero-order valence-electron chi connectivity index (χ0n) is 14.3. The van der Waals surface area contributed by atoms with E-state index in [0.717, 1.165) is 43.6 Å². The van der Waals surface area contributed by atoms with Crippen LogP contribution >= 0.6 is 0 Å². The molecule has 3 heterocycles. The monoisotopic (exact) mass is 325 g/mol. The van der Waals surface area contributed by atoms with E-state index in [1.807, 2.05) is 25.1 Å². The van der Waals surface area contributed by atoms with Gasteiger partial charge < -0.3 is 14.7 Å². The lowest BCUT2D eigenvalue weighted by atomic mass is 10.2. The lowest BCUT2D eigenvalue weighted by Gasteiger charge is -2.36. The summed E-state index contributed by atoms with van der Waals surface area (Å²) in [5.41, 5.74) is 1.20. The van der Waals surface area contributed by atoms with Gasteiger partial charge in [-0.1, -0.05) is 0 Å². The first-order valence-electron chi connectivity index (χ1n) is 8.52. The third-order valence-corrected chi connectivity index (χ3v) is 4.69. The Morgan fingerprint density at radius 2 is 1.42 bits per heavy atom. The van der Waals surface area contributed by atoms with Crippen molar-refractivity contribution in [3.63, 3.8) is 0 Å².